The van der Waals surface area contributed by atoms with Gasteiger partial charge in [0.05, 0.1) is 24.4 Å². The van der Waals surface area contributed by atoms with Gasteiger partial charge in [0.25, 0.3) is 0 Å². The number of carbonyl (C=O) groups is 1. The molecule has 1 aromatic carbocycles. The molecular weight excluding hydrogens is 344 g/mol. The van der Waals surface area contributed by atoms with Gasteiger partial charge >= 0.3 is 0 Å². The first-order chi connectivity index (χ1) is 13.0. The molecule has 2 aliphatic rings. The van der Waals surface area contributed by atoms with Gasteiger partial charge in [-0.05, 0) is 62.3 Å². The van der Waals surface area contributed by atoms with Gasteiger partial charge in [-0.1, -0.05) is 11.2 Å². The highest BCUT2D eigenvalue weighted by molar-refractivity contribution is 5.77. The topological polar surface area (TPSA) is 84.6 Å². The lowest BCUT2D eigenvalue weighted by atomic mass is 9.74. The van der Waals surface area contributed by atoms with Crippen molar-refractivity contribution in [2.45, 2.75) is 58.1 Å². The molecule has 144 valence electrons. The average Bonchev–Trinajstić information content (AvgIpc) is 3.21. The summed E-state index contributed by atoms with van der Waals surface area (Å²) in [6.45, 7) is 4.49. The Morgan fingerprint density at radius 2 is 2.19 bits per heavy atom. The van der Waals surface area contributed by atoms with Gasteiger partial charge in [-0.2, -0.15) is 0 Å². The number of aliphatic hydroxyl groups is 1. The predicted molar refractivity (Wildman–Crippen MR) is 99.6 cm³/mol. The van der Waals surface area contributed by atoms with E-state index in [1.165, 1.54) is 5.56 Å². The van der Waals surface area contributed by atoms with Crippen LogP contribution in [0, 0.1) is 19.8 Å². The van der Waals surface area contributed by atoms with Crippen LogP contribution in [0.25, 0.3) is 0 Å². The van der Waals surface area contributed by atoms with E-state index in [1.54, 1.807) is 0 Å². The Bertz CT molecular complexity index is 819. The molecule has 1 saturated carbocycles. The Morgan fingerprint density at radius 1 is 1.37 bits per heavy atom. The minimum Gasteiger partial charge on any atom is -0.493 e. The number of nitrogens with zero attached hydrogens (tertiary/aromatic N) is 1. The first kappa shape index (κ1) is 18.0. The second kappa shape index (κ2) is 7.35. The highest BCUT2D eigenvalue weighted by Crippen LogP contribution is 2.39. The van der Waals surface area contributed by atoms with Crippen LogP contribution >= 0.6 is 0 Å². The average molecular weight is 370 g/mol. The maximum Gasteiger partial charge on any atom is 0.220 e. The van der Waals surface area contributed by atoms with E-state index in [0.29, 0.717) is 12.8 Å². The zero-order valence-corrected chi connectivity index (χ0v) is 15.8. The number of aliphatic hydroxyl groups excluding tert-OH is 1. The number of amides is 1. The van der Waals surface area contributed by atoms with Crippen molar-refractivity contribution in [2.75, 3.05) is 6.61 Å². The second-order valence-corrected chi connectivity index (χ2v) is 7.70. The molecule has 0 saturated heterocycles. The van der Waals surface area contributed by atoms with Crippen LogP contribution in [0.4, 0.5) is 0 Å². The van der Waals surface area contributed by atoms with Gasteiger partial charge in [0.15, 0.2) is 0 Å². The van der Waals surface area contributed by atoms with Gasteiger partial charge in [0.2, 0.25) is 5.91 Å². The van der Waals surface area contributed by atoms with Crippen LogP contribution in [-0.2, 0) is 17.6 Å². The van der Waals surface area contributed by atoms with Crippen LogP contribution in [0.1, 0.15) is 53.4 Å². The fourth-order valence-electron chi connectivity index (χ4n) is 4.12. The molecule has 1 unspecified atom stereocenters. The van der Waals surface area contributed by atoms with Crippen LogP contribution in [0.15, 0.2) is 22.7 Å². The third-order valence-corrected chi connectivity index (χ3v) is 5.79. The first-order valence-corrected chi connectivity index (χ1v) is 9.66. The lowest BCUT2D eigenvalue weighted by molar-refractivity contribution is -0.123. The minimum absolute atomic E-state index is 0.0122. The number of benzene rings is 1. The predicted octanol–water partition coefficient (Wildman–Crippen LogP) is 2.79. The van der Waals surface area contributed by atoms with E-state index in [9.17, 15) is 9.90 Å². The van der Waals surface area contributed by atoms with Crippen molar-refractivity contribution in [1.29, 1.82) is 0 Å². The molecule has 27 heavy (non-hydrogen) atoms. The van der Waals surface area contributed by atoms with Crippen molar-refractivity contribution in [2.24, 2.45) is 5.92 Å². The Balaban J connectivity index is 1.45. The number of hydrogen-bond acceptors (Lipinski definition) is 5. The maximum atomic E-state index is 12.7. The summed E-state index contributed by atoms with van der Waals surface area (Å²) in [6, 6.07) is 6.10. The quantitative estimate of drug-likeness (QED) is 0.817. The first-order valence-electron chi connectivity index (χ1n) is 9.66. The molecule has 1 fully saturated rings. The van der Waals surface area contributed by atoms with Gasteiger partial charge in [-0.25, -0.2) is 0 Å². The number of fused-ring (bicyclic) bond motifs is 1. The lowest BCUT2D eigenvalue weighted by Gasteiger charge is -2.38. The van der Waals surface area contributed by atoms with Crippen LogP contribution in [0.3, 0.4) is 0 Å². The van der Waals surface area contributed by atoms with Gasteiger partial charge in [0.1, 0.15) is 11.5 Å². The number of ether oxygens (including phenoxy) is 1. The van der Waals surface area contributed by atoms with Crippen molar-refractivity contribution in [3.8, 4) is 5.75 Å². The molecule has 0 spiro atoms. The summed E-state index contributed by atoms with van der Waals surface area (Å²) < 4.78 is 10.8. The third-order valence-electron chi connectivity index (χ3n) is 5.79. The smallest absolute Gasteiger partial charge is 0.220 e. The highest BCUT2D eigenvalue weighted by Gasteiger charge is 2.36. The van der Waals surface area contributed by atoms with Crippen molar-refractivity contribution in [3.05, 3.63) is 46.3 Å². The third kappa shape index (κ3) is 3.72. The normalized spacial score (nSPS) is 21.9. The molecule has 2 heterocycles. The number of hydrogen-bond donors (Lipinski definition) is 2. The van der Waals surface area contributed by atoms with E-state index < -0.39 is 0 Å². The van der Waals surface area contributed by atoms with Crippen molar-refractivity contribution < 1.29 is 19.2 Å². The van der Waals surface area contributed by atoms with E-state index in [-0.39, 0.29) is 24.0 Å². The van der Waals surface area contributed by atoms with Crippen LogP contribution in [0.2, 0.25) is 0 Å². The Hall–Kier alpha value is -2.34. The summed E-state index contributed by atoms with van der Waals surface area (Å²) in [5.74, 6) is 2.00. The number of carbonyl (C=O) groups excluding carboxylic acids is 1. The SMILES string of the molecule is Cc1noc(C)c1CCC(=O)NC(c1ccc2c(c1)CCO2)C1CC(O)C1. The summed E-state index contributed by atoms with van der Waals surface area (Å²) in [4.78, 5) is 12.7. The van der Waals surface area contributed by atoms with Crippen LogP contribution < -0.4 is 10.1 Å². The molecule has 6 nitrogen and oxygen atoms in total. The van der Waals surface area contributed by atoms with E-state index in [1.807, 2.05) is 26.0 Å². The number of aromatic nitrogens is 1. The largest absolute Gasteiger partial charge is 0.493 e. The molecule has 1 atom stereocenters. The zero-order valence-electron chi connectivity index (χ0n) is 15.8. The summed E-state index contributed by atoms with van der Waals surface area (Å²) in [6.07, 6.45) is 3.11. The minimum atomic E-state index is -0.255. The monoisotopic (exact) mass is 370 g/mol. The Kier molecular flexibility index (Phi) is 4.91. The summed E-state index contributed by atoms with van der Waals surface area (Å²) >= 11 is 0. The maximum absolute atomic E-state index is 12.7. The van der Waals surface area contributed by atoms with Crippen LogP contribution in [0.5, 0.6) is 5.75 Å². The standard InChI is InChI=1S/C21H26N2O4/c1-12-18(13(2)27-23-12)4-6-20(25)22-21(16-10-17(24)11-16)15-3-5-19-14(9-15)7-8-26-19/h3,5,9,16-17,21,24H,4,6-8,10-11H2,1-2H3,(H,22,25). The fraction of sp³-hybridized carbons (Fsp3) is 0.524. The number of nitrogens with one attached hydrogen (secondary N) is 1. The Labute approximate surface area is 158 Å². The molecule has 1 aromatic heterocycles. The molecule has 0 bridgehead atoms. The number of rotatable bonds is 6. The number of aryl methyl sites for hydroxylation is 2. The van der Waals surface area contributed by atoms with Gasteiger partial charge < -0.3 is 19.7 Å². The Morgan fingerprint density at radius 3 is 2.89 bits per heavy atom. The lowest BCUT2D eigenvalue weighted by Crippen LogP contribution is -2.41. The molecule has 1 amide bonds. The van der Waals surface area contributed by atoms with Crippen molar-refractivity contribution in [1.82, 2.24) is 10.5 Å². The van der Waals surface area contributed by atoms with Gasteiger partial charge in [-0.15, -0.1) is 0 Å². The van der Waals surface area contributed by atoms with E-state index >= 15 is 0 Å². The molecule has 6 heteroatoms. The summed E-state index contributed by atoms with van der Waals surface area (Å²) in [5, 5.41) is 16.9. The van der Waals surface area contributed by atoms with E-state index in [2.05, 4.69) is 16.5 Å². The van der Waals surface area contributed by atoms with E-state index in [4.69, 9.17) is 9.26 Å². The fourth-order valence-corrected chi connectivity index (χ4v) is 4.12. The summed E-state index contributed by atoms with van der Waals surface area (Å²) in [7, 11) is 0. The van der Waals surface area contributed by atoms with Crippen LogP contribution in [-0.4, -0.2) is 28.9 Å². The van der Waals surface area contributed by atoms with Gasteiger partial charge in [0, 0.05) is 18.4 Å². The molecule has 2 N–H and O–H groups in total. The van der Waals surface area contributed by atoms with Gasteiger partial charge in [-0.3, -0.25) is 4.79 Å². The molecule has 4 rings (SSSR count). The molecule has 0 radical (unpaired) electrons. The zero-order chi connectivity index (χ0) is 19.0. The van der Waals surface area contributed by atoms with E-state index in [0.717, 1.165) is 54.2 Å². The highest BCUT2D eigenvalue weighted by atomic mass is 16.5. The van der Waals surface area contributed by atoms with Crippen molar-refractivity contribution in [3.63, 3.8) is 0 Å². The molecule has 1 aliphatic carbocycles. The molecule has 1 aliphatic heterocycles. The summed E-state index contributed by atoms with van der Waals surface area (Å²) in [5.41, 5.74) is 4.15. The second-order valence-electron chi connectivity index (χ2n) is 7.70. The van der Waals surface area contributed by atoms with Crippen molar-refractivity contribution >= 4 is 5.91 Å². The molecular formula is C21H26N2O4. The molecule has 2 aromatic rings.